The van der Waals surface area contributed by atoms with Crippen molar-refractivity contribution in [1.82, 2.24) is 0 Å². The summed E-state index contributed by atoms with van der Waals surface area (Å²) < 4.78 is 0. The van der Waals surface area contributed by atoms with Crippen LogP contribution < -0.4 is 0 Å². The number of carboxylic acid groups (broad SMARTS) is 2. The fourth-order valence-corrected chi connectivity index (χ4v) is 3.90. The second-order valence-electron chi connectivity index (χ2n) is 3.78. The summed E-state index contributed by atoms with van der Waals surface area (Å²) in [6.07, 6.45) is 4.47. The molecular formula is C11H20O4S2. The van der Waals surface area contributed by atoms with Gasteiger partial charge in [0, 0.05) is 11.0 Å². The van der Waals surface area contributed by atoms with Gasteiger partial charge in [-0.1, -0.05) is 47.8 Å². The van der Waals surface area contributed by atoms with E-state index in [-0.39, 0.29) is 18.1 Å². The first-order chi connectivity index (χ1) is 8.06. The van der Waals surface area contributed by atoms with Crippen LogP contribution >= 0.6 is 21.6 Å². The fourth-order valence-electron chi connectivity index (χ4n) is 1.27. The molecule has 2 N–H and O–H groups in total. The van der Waals surface area contributed by atoms with Crippen LogP contribution in [0.5, 0.6) is 0 Å². The highest BCUT2D eigenvalue weighted by molar-refractivity contribution is 8.76. The molecule has 1 atom stereocenters. The van der Waals surface area contributed by atoms with Crippen LogP contribution in [0.3, 0.4) is 0 Å². The van der Waals surface area contributed by atoms with Crippen LogP contribution in [0.25, 0.3) is 0 Å². The van der Waals surface area contributed by atoms with E-state index < -0.39 is 11.9 Å². The Hall–Kier alpha value is -0.360. The summed E-state index contributed by atoms with van der Waals surface area (Å²) in [4.78, 5) is 21.0. The molecular weight excluding hydrogens is 260 g/mol. The molecule has 0 spiro atoms. The minimum Gasteiger partial charge on any atom is -0.481 e. The molecule has 0 aliphatic carbocycles. The zero-order chi connectivity index (χ0) is 13.1. The van der Waals surface area contributed by atoms with Crippen molar-refractivity contribution in [1.29, 1.82) is 0 Å². The molecule has 6 heteroatoms. The average molecular weight is 280 g/mol. The number of carboxylic acids is 2. The van der Waals surface area contributed by atoms with E-state index in [2.05, 4.69) is 6.92 Å². The minimum absolute atomic E-state index is 0.0952. The summed E-state index contributed by atoms with van der Waals surface area (Å²) in [5, 5.41) is 17.3. The Morgan fingerprint density at radius 3 is 2.41 bits per heavy atom. The third kappa shape index (κ3) is 11.9. The van der Waals surface area contributed by atoms with E-state index in [1.807, 2.05) is 0 Å². The third-order valence-electron chi connectivity index (χ3n) is 2.14. The van der Waals surface area contributed by atoms with Gasteiger partial charge in [-0.25, -0.2) is 0 Å². The van der Waals surface area contributed by atoms with E-state index in [1.54, 1.807) is 0 Å². The summed E-state index contributed by atoms with van der Waals surface area (Å²) in [6.45, 7) is 2.11. The first kappa shape index (κ1) is 16.6. The first-order valence-corrected chi connectivity index (χ1v) is 8.16. The standard InChI is InChI=1S/C11H20O4S2/c1-2-3-4-5-9(8-11(14)15)17-16-7-6-10(12)13/h9H,2-8H2,1H3,(H,12,13)(H,14,15). The SMILES string of the molecule is CCCCCC(CC(=O)O)SSCCC(=O)O. The van der Waals surface area contributed by atoms with Crippen molar-refractivity contribution >= 4 is 33.5 Å². The lowest BCUT2D eigenvalue weighted by atomic mass is 10.1. The maximum atomic E-state index is 10.7. The highest BCUT2D eigenvalue weighted by atomic mass is 33.1. The van der Waals surface area contributed by atoms with Gasteiger partial charge in [0.15, 0.2) is 0 Å². The number of hydrogen-bond acceptors (Lipinski definition) is 4. The predicted octanol–water partition coefficient (Wildman–Crippen LogP) is 3.27. The van der Waals surface area contributed by atoms with Gasteiger partial charge in [-0.05, 0) is 6.42 Å². The normalized spacial score (nSPS) is 12.3. The Kier molecular flexibility index (Phi) is 10.5. The van der Waals surface area contributed by atoms with Crippen LogP contribution in [-0.4, -0.2) is 33.2 Å². The lowest BCUT2D eigenvalue weighted by Gasteiger charge is -2.12. The summed E-state index contributed by atoms with van der Waals surface area (Å²) in [6, 6.07) is 0. The molecule has 0 bridgehead atoms. The molecule has 0 fully saturated rings. The second-order valence-corrected chi connectivity index (χ2v) is 6.57. The van der Waals surface area contributed by atoms with Crippen molar-refractivity contribution in [3.63, 3.8) is 0 Å². The molecule has 0 aromatic heterocycles. The van der Waals surface area contributed by atoms with Gasteiger partial charge in [0.2, 0.25) is 0 Å². The van der Waals surface area contributed by atoms with Crippen molar-refractivity contribution in [2.75, 3.05) is 5.75 Å². The van der Waals surface area contributed by atoms with Crippen LogP contribution in [0.2, 0.25) is 0 Å². The molecule has 0 heterocycles. The Morgan fingerprint density at radius 2 is 1.88 bits per heavy atom. The van der Waals surface area contributed by atoms with E-state index in [1.165, 1.54) is 21.6 Å². The summed E-state index contributed by atoms with van der Waals surface area (Å²) in [5.74, 6) is -1.05. The van der Waals surface area contributed by atoms with Gasteiger partial charge >= 0.3 is 11.9 Å². The van der Waals surface area contributed by atoms with Crippen molar-refractivity contribution in [3.8, 4) is 0 Å². The van der Waals surface area contributed by atoms with Crippen LogP contribution in [0.4, 0.5) is 0 Å². The molecule has 0 aliphatic heterocycles. The zero-order valence-corrected chi connectivity index (χ0v) is 11.7. The Balaban J connectivity index is 3.76. The molecule has 0 aromatic rings. The largest absolute Gasteiger partial charge is 0.481 e. The third-order valence-corrected chi connectivity index (χ3v) is 5.04. The van der Waals surface area contributed by atoms with Crippen LogP contribution in [0.15, 0.2) is 0 Å². The van der Waals surface area contributed by atoms with Gasteiger partial charge < -0.3 is 10.2 Å². The summed E-state index contributed by atoms with van der Waals surface area (Å²) in [7, 11) is 2.98. The topological polar surface area (TPSA) is 74.6 Å². The lowest BCUT2D eigenvalue weighted by molar-refractivity contribution is -0.137. The van der Waals surface area contributed by atoms with Gasteiger partial charge in [0.05, 0.1) is 12.8 Å². The van der Waals surface area contributed by atoms with E-state index in [9.17, 15) is 9.59 Å². The van der Waals surface area contributed by atoms with Gasteiger partial charge in [0.25, 0.3) is 0 Å². The van der Waals surface area contributed by atoms with E-state index in [4.69, 9.17) is 10.2 Å². The monoisotopic (exact) mass is 280 g/mol. The molecule has 0 rings (SSSR count). The highest BCUT2D eigenvalue weighted by Crippen LogP contribution is 2.32. The molecule has 0 saturated carbocycles. The molecule has 0 radical (unpaired) electrons. The molecule has 0 amide bonds. The number of rotatable bonds is 11. The second kappa shape index (κ2) is 10.8. The smallest absolute Gasteiger partial charge is 0.304 e. The molecule has 0 aliphatic rings. The minimum atomic E-state index is -0.807. The number of carbonyl (C=O) groups is 2. The van der Waals surface area contributed by atoms with Gasteiger partial charge in [-0.3, -0.25) is 9.59 Å². The van der Waals surface area contributed by atoms with Crippen molar-refractivity contribution in [3.05, 3.63) is 0 Å². The molecule has 100 valence electrons. The number of hydrogen-bond donors (Lipinski definition) is 2. The van der Waals surface area contributed by atoms with Gasteiger partial charge in [-0.2, -0.15) is 0 Å². The molecule has 1 unspecified atom stereocenters. The lowest BCUT2D eigenvalue weighted by Crippen LogP contribution is -2.09. The number of aliphatic carboxylic acids is 2. The highest BCUT2D eigenvalue weighted by Gasteiger charge is 2.14. The van der Waals surface area contributed by atoms with E-state index in [0.29, 0.717) is 5.75 Å². The van der Waals surface area contributed by atoms with Crippen molar-refractivity contribution < 1.29 is 19.8 Å². The van der Waals surface area contributed by atoms with Crippen LogP contribution in [-0.2, 0) is 9.59 Å². The maximum absolute atomic E-state index is 10.7. The average Bonchev–Trinajstić information content (AvgIpc) is 2.23. The van der Waals surface area contributed by atoms with E-state index in [0.717, 1.165) is 25.7 Å². The van der Waals surface area contributed by atoms with Gasteiger partial charge in [0.1, 0.15) is 0 Å². The molecule has 4 nitrogen and oxygen atoms in total. The Morgan fingerprint density at radius 1 is 1.18 bits per heavy atom. The van der Waals surface area contributed by atoms with Crippen LogP contribution in [0, 0.1) is 0 Å². The quantitative estimate of drug-likeness (QED) is 0.447. The maximum Gasteiger partial charge on any atom is 0.304 e. The van der Waals surface area contributed by atoms with Gasteiger partial charge in [-0.15, -0.1) is 0 Å². The molecule has 17 heavy (non-hydrogen) atoms. The molecule has 0 saturated heterocycles. The fraction of sp³-hybridized carbons (Fsp3) is 0.818. The predicted molar refractivity (Wildman–Crippen MR) is 72.5 cm³/mol. The summed E-state index contributed by atoms with van der Waals surface area (Å²) in [5.41, 5.74) is 0. The van der Waals surface area contributed by atoms with Crippen molar-refractivity contribution in [2.24, 2.45) is 0 Å². The van der Waals surface area contributed by atoms with Crippen LogP contribution in [0.1, 0.15) is 45.4 Å². The number of unbranched alkanes of at least 4 members (excludes halogenated alkanes) is 2. The Labute approximate surface area is 110 Å². The zero-order valence-electron chi connectivity index (χ0n) is 10.1. The Bertz CT molecular complexity index is 234. The van der Waals surface area contributed by atoms with Crippen molar-refractivity contribution in [2.45, 2.75) is 50.7 Å². The first-order valence-electron chi connectivity index (χ1n) is 5.78. The van der Waals surface area contributed by atoms with E-state index >= 15 is 0 Å². The summed E-state index contributed by atoms with van der Waals surface area (Å²) >= 11 is 0. The molecule has 0 aromatic carbocycles.